The standard InChI is InChI=1S/C77H140O17P2/c1-5-9-13-17-21-25-29-33-35-39-43-47-51-55-59-63-76(81)93-72(67-87-74(79)61-57-53-49-45-41-37-31-27-23-19-15-11-7-3)69-91-95(83,84)89-65-71(78)66-90-96(85,86)92-70-73(68-88-75(80)62-58-54-50-46-42-38-32-28-24-20-16-12-8-4)94-77(82)64-60-56-52-48-44-40-36-34-30-26-22-18-14-10-6-2/h25-27,29-31,33-36,71-73,78H,5-24,28,32,37-70H2,1-4H3,(H,83,84)(H,85,86)/b29-25-,30-26-,31-27-,35-33-,36-34-/t71-,72-,73-/m1/s1. The first-order valence-corrected chi connectivity index (χ1v) is 41.6. The van der Waals surface area contributed by atoms with Gasteiger partial charge in [0.2, 0.25) is 0 Å². The fourth-order valence-corrected chi connectivity index (χ4v) is 12.1. The zero-order chi connectivity index (χ0) is 70.4. The van der Waals surface area contributed by atoms with Gasteiger partial charge in [0.1, 0.15) is 19.3 Å². The van der Waals surface area contributed by atoms with Crippen molar-refractivity contribution in [3.05, 3.63) is 60.8 Å². The monoisotopic (exact) mass is 1400 g/mol. The Balaban J connectivity index is 5.35. The largest absolute Gasteiger partial charge is 0.472 e. The number of rotatable bonds is 73. The number of unbranched alkanes of at least 4 members (excludes halogenated alkanes) is 39. The molecule has 0 aromatic carbocycles. The lowest BCUT2D eigenvalue weighted by Crippen LogP contribution is -2.30. The van der Waals surface area contributed by atoms with Gasteiger partial charge in [-0.3, -0.25) is 37.3 Å². The van der Waals surface area contributed by atoms with Crippen LogP contribution in [0.2, 0.25) is 0 Å². The Morgan fingerprint density at radius 2 is 0.510 bits per heavy atom. The molecule has 96 heavy (non-hydrogen) atoms. The number of allylic oxidation sites excluding steroid dienone is 10. The van der Waals surface area contributed by atoms with Crippen molar-refractivity contribution >= 4 is 39.5 Å². The molecule has 0 saturated carbocycles. The molecule has 560 valence electrons. The molecule has 19 heteroatoms. The fraction of sp³-hybridized carbons (Fsp3) is 0.818. The lowest BCUT2D eigenvalue weighted by Gasteiger charge is -2.21. The third-order valence-electron chi connectivity index (χ3n) is 16.5. The number of carbonyl (C=O) groups excluding carboxylic acids is 4. The summed E-state index contributed by atoms with van der Waals surface area (Å²) in [6.45, 7) is 4.82. The quantitative estimate of drug-likeness (QED) is 0.0128. The number of hydrogen-bond donors (Lipinski definition) is 3. The van der Waals surface area contributed by atoms with Gasteiger partial charge in [-0.05, 0) is 103 Å². The minimum absolute atomic E-state index is 0.0792. The molecule has 0 fully saturated rings. The highest BCUT2D eigenvalue weighted by Gasteiger charge is 2.30. The van der Waals surface area contributed by atoms with Crippen LogP contribution in [0, 0.1) is 0 Å². The van der Waals surface area contributed by atoms with E-state index in [1.165, 1.54) is 135 Å². The number of hydrogen-bond acceptors (Lipinski definition) is 15. The molecule has 0 bridgehead atoms. The fourth-order valence-electron chi connectivity index (χ4n) is 10.6. The second kappa shape index (κ2) is 70.2. The molecule has 0 rings (SSSR count). The minimum Gasteiger partial charge on any atom is -0.462 e. The Morgan fingerprint density at radius 1 is 0.292 bits per heavy atom. The first-order valence-electron chi connectivity index (χ1n) is 38.6. The third kappa shape index (κ3) is 69.2. The van der Waals surface area contributed by atoms with Gasteiger partial charge in [-0.2, -0.15) is 0 Å². The zero-order valence-corrected chi connectivity index (χ0v) is 62.8. The van der Waals surface area contributed by atoms with E-state index in [-0.39, 0.29) is 25.7 Å². The van der Waals surface area contributed by atoms with E-state index in [9.17, 15) is 43.2 Å². The maximum atomic E-state index is 13.1. The number of phosphoric acid groups is 2. The normalized spacial score (nSPS) is 14.3. The number of esters is 4. The molecule has 0 aliphatic heterocycles. The summed E-state index contributed by atoms with van der Waals surface area (Å²) in [4.78, 5) is 72.8. The molecule has 0 aliphatic rings. The highest BCUT2D eigenvalue weighted by Crippen LogP contribution is 2.45. The third-order valence-corrected chi connectivity index (χ3v) is 18.4. The van der Waals surface area contributed by atoms with Crippen LogP contribution in [0.25, 0.3) is 0 Å². The summed E-state index contributed by atoms with van der Waals surface area (Å²) in [5, 5.41) is 10.6. The van der Waals surface area contributed by atoms with Crippen LogP contribution in [0.1, 0.15) is 349 Å². The van der Waals surface area contributed by atoms with Gasteiger partial charge in [-0.1, -0.05) is 281 Å². The van der Waals surface area contributed by atoms with Gasteiger partial charge < -0.3 is 33.8 Å². The van der Waals surface area contributed by atoms with Crippen molar-refractivity contribution in [3.63, 3.8) is 0 Å². The summed E-state index contributed by atoms with van der Waals surface area (Å²) in [5.41, 5.74) is 0. The van der Waals surface area contributed by atoms with Gasteiger partial charge in [0.15, 0.2) is 12.2 Å². The van der Waals surface area contributed by atoms with Gasteiger partial charge >= 0.3 is 39.5 Å². The number of ether oxygens (including phenoxy) is 4. The molecular formula is C77H140O17P2. The predicted octanol–water partition coefficient (Wildman–Crippen LogP) is 21.9. The van der Waals surface area contributed by atoms with Crippen LogP contribution in [-0.2, 0) is 65.4 Å². The van der Waals surface area contributed by atoms with E-state index >= 15 is 0 Å². The molecule has 5 atom stereocenters. The van der Waals surface area contributed by atoms with Crippen LogP contribution in [0.3, 0.4) is 0 Å². The maximum Gasteiger partial charge on any atom is 0.472 e. The van der Waals surface area contributed by atoms with Crippen LogP contribution in [0.4, 0.5) is 0 Å². The number of phosphoric ester groups is 2. The molecular weight excluding hydrogens is 1260 g/mol. The van der Waals surface area contributed by atoms with Crippen molar-refractivity contribution in [1.29, 1.82) is 0 Å². The van der Waals surface area contributed by atoms with Crippen LogP contribution in [0.15, 0.2) is 60.8 Å². The van der Waals surface area contributed by atoms with Gasteiger partial charge in [0, 0.05) is 25.7 Å². The van der Waals surface area contributed by atoms with E-state index in [2.05, 4.69) is 88.5 Å². The summed E-state index contributed by atoms with van der Waals surface area (Å²) >= 11 is 0. The molecule has 0 amide bonds. The van der Waals surface area contributed by atoms with Crippen molar-refractivity contribution in [1.82, 2.24) is 0 Å². The van der Waals surface area contributed by atoms with Crippen molar-refractivity contribution < 1.29 is 80.2 Å². The molecule has 17 nitrogen and oxygen atoms in total. The molecule has 0 aromatic heterocycles. The molecule has 0 spiro atoms. The summed E-state index contributed by atoms with van der Waals surface area (Å²) in [6.07, 6.45) is 67.7. The smallest absolute Gasteiger partial charge is 0.462 e. The van der Waals surface area contributed by atoms with Gasteiger partial charge in [0.05, 0.1) is 26.4 Å². The number of aliphatic hydroxyl groups excluding tert-OH is 1. The number of aliphatic hydroxyl groups is 1. The Morgan fingerprint density at radius 3 is 0.792 bits per heavy atom. The van der Waals surface area contributed by atoms with Crippen molar-refractivity contribution in [3.8, 4) is 0 Å². The Hall–Kier alpha value is -3.24. The highest BCUT2D eigenvalue weighted by atomic mass is 31.2. The molecule has 0 radical (unpaired) electrons. The highest BCUT2D eigenvalue weighted by molar-refractivity contribution is 7.47. The molecule has 0 aliphatic carbocycles. The summed E-state index contributed by atoms with van der Waals surface area (Å²) in [6, 6.07) is 0. The van der Waals surface area contributed by atoms with Gasteiger partial charge in [-0.15, -0.1) is 0 Å². The maximum absolute atomic E-state index is 13.1. The van der Waals surface area contributed by atoms with Crippen LogP contribution >= 0.6 is 15.6 Å². The Bertz CT molecular complexity index is 2060. The van der Waals surface area contributed by atoms with E-state index in [0.717, 1.165) is 135 Å². The minimum atomic E-state index is -4.97. The second-order valence-corrected chi connectivity index (χ2v) is 28.9. The molecule has 3 N–H and O–H groups in total. The molecule has 2 unspecified atom stereocenters. The second-order valence-electron chi connectivity index (χ2n) is 26.0. The molecule has 0 aromatic rings. The average Bonchev–Trinajstić information content (AvgIpc) is 1.19. The van der Waals surface area contributed by atoms with Crippen molar-refractivity contribution in [2.75, 3.05) is 39.6 Å². The zero-order valence-electron chi connectivity index (χ0n) is 61.1. The van der Waals surface area contributed by atoms with E-state index in [0.29, 0.717) is 25.7 Å². The molecule has 0 heterocycles. The van der Waals surface area contributed by atoms with E-state index in [1.807, 2.05) is 0 Å². The first-order chi connectivity index (χ1) is 46.7. The lowest BCUT2D eigenvalue weighted by atomic mass is 10.0. The molecule has 0 saturated heterocycles. The van der Waals surface area contributed by atoms with Crippen LogP contribution in [-0.4, -0.2) is 96.7 Å². The van der Waals surface area contributed by atoms with Crippen LogP contribution < -0.4 is 0 Å². The topological polar surface area (TPSA) is 237 Å². The summed E-state index contributed by atoms with van der Waals surface area (Å²) in [7, 11) is -9.94. The van der Waals surface area contributed by atoms with Gasteiger partial charge in [0.25, 0.3) is 0 Å². The SMILES string of the molecule is CCCCCC/C=C\C=C/CCCCCCCC(=O)O[C@H](COC(=O)CCCCCCC/C=C\CCCCCC)COP(=O)(O)OC[C@@H](O)COP(=O)(O)OC[C@@H](COC(=O)CCCCCCCCCCCCCCC)OC(=O)CCCCCCC/C=C\C=C/CCCCCC. The number of carbonyl (C=O) groups is 4. The van der Waals surface area contributed by atoms with E-state index in [1.54, 1.807) is 0 Å². The lowest BCUT2D eigenvalue weighted by molar-refractivity contribution is -0.161. The van der Waals surface area contributed by atoms with Gasteiger partial charge in [-0.25, -0.2) is 9.13 Å². The Labute approximate surface area is 584 Å². The predicted molar refractivity (Wildman–Crippen MR) is 390 cm³/mol. The summed E-state index contributed by atoms with van der Waals surface area (Å²) in [5.74, 6) is -2.19. The van der Waals surface area contributed by atoms with Crippen molar-refractivity contribution in [2.45, 2.75) is 367 Å². The first kappa shape index (κ1) is 92.8. The van der Waals surface area contributed by atoms with E-state index in [4.69, 9.17) is 37.0 Å². The summed E-state index contributed by atoms with van der Waals surface area (Å²) < 4.78 is 68.4. The Kier molecular flexibility index (Phi) is 67.8. The van der Waals surface area contributed by atoms with Crippen LogP contribution in [0.5, 0.6) is 0 Å². The van der Waals surface area contributed by atoms with E-state index < -0.39 is 97.5 Å². The van der Waals surface area contributed by atoms with Crippen molar-refractivity contribution in [2.24, 2.45) is 0 Å². The average molecular weight is 1400 g/mol.